The van der Waals surface area contributed by atoms with Crippen molar-refractivity contribution in [3.8, 4) is 0 Å². The summed E-state index contributed by atoms with van der Waals surface area (Å²) in [5, 5.41) is 0. The summed E-state index contributed by atoms with van der Waals surface area (Å²) in [4.78, 5) is 29.1. The fourth-order valence-electron chi connectivity index (χ4n) is 3.69. The maximum absolute atomic E-state index is 13.0. The van der Waals surface area contributed by atoms with Gasteiger partial charge < -0.3 is 9.80 Å². The van der Waals surface area contributed by atoms with Crippen molar-refractivity contribution in [2.75, 3.05) is 25.4 Å². The van der Waals surface area contributed by atoms with Crippen molar-refractivity contribution < 1.29 is 9.59 Å². The number of hydrogen-bond donors (Lipinski definition) is 0. The summed E-state index contributed by atoms with van der Waals surface area (Å²) in [5.41, 5.74) is 1.89. The average molecular weight is 346 g/mol. The zero-order valence-electron chi connectivity index (χ0n) is 14.7. The predicted molar refractivity (Wildman–Crippen MR) is 98.1 cm³/mol. The van der Waals surface area contributed by atoms with E-state index in [0.29, 0.717) is 0 Å². The molecular weight excluding hydrogens is 320 g/mol. The van der Waals surface area contributed by atoms with Crippen LogP contribution in [0.1, 0.15) is 42.6 Å². The van der Waals surface area contributed by atoms with E-state index in [2.05, 4.69) is 4.90 Å². The van der Waals surface area contributed by atoms with Crippen molar-refractivity contribution in [3.05, 3.63) is 35.4 Å². The predicted octanol–water partition coefficient (Wildman–Crippen LogP) is 3.16. The van der Waals surface area contributed by atoms with Crippen LogP contribution >= 0.6 is 11.8 Å². The van der Waals surface area contributed by atoms with Crippen LogP contribution in [0.3, 0.4) is 0 Å². The molecule has 5 heteroatoms. The third-order valence-corrected chi connectivity index (χ3v) is 6.59. The average Bonchev–Trinajstić information content (AvgIpc) is 2.97. The largest absolute Gasteiger partial charge is 0.342 e. The molecule has 1 aromatic carbocycles. The minimum atomic E-state index is -0.130. The summed E-state index contributed by atoms with van der Waals surface area (Å²) >= 11 is 1.89. The van der Waals surface area contributed by atoms with Crippen LogP contribution in [0, 0.1) is 12.8 Å². The fraction of sp³-hybridized carbons (Fsp3) is 0.579. The van der Waals surface area contributed by atoms with Crippen LogP contribution < -0.4 is 0 Å². The van der Waals surface area contributed by atoms with E-state index in [9.17, 15) is 9.59 Å². The summed E-state index contributed by atoms with van der Waals surface area (Å²) in [5.74, 6) is 1.38. The van der Waals surface area contributed by atoms with Gasteiger partial charge in [-0.1, -0.05) is 31.5 Å². The highest BCUT2D eigenvalue weighted by Gasteiger charge is 2.47. The molecule has 0 aromatic heterocycles. The molecule has 0 unspecified atom stereocenters. The summed E-state index contributed by atoms with van der Waals surface area (Å²) in [6.45, 7) is 8.22. The van der Waals surface area contributed by atoms with Crippen LogP contribution in [-0.2, 0) is 4.79 Å². The Morgan fingerprint density at radius 1 is 1.17 bits per heavy atom. The van der Waals surface area contributed by atoms with Crippen LogP contribution in [0.15, 0.2) is 24.3 Å². The monoisotopic (exact) mass is 346 g/mol. The van der Waals surface area contributed by atoms with Crippen molar-refractivity contribution in [2.24, 2.45) is 5.92 Å². The maximum atomic E-state index is 13.0. The smallest absolute Gasteiger partial charge is 0.255 e. The minimum Gasteiger partial charge on any atom is -0.342 e. The topological polar surface area (TPSA) is 40.6 Å². The van der Waals surface area contributed by atoms with Crippen molar-refractivity contribution in [1.82, 2.24) is 9.80 Å². The molecule has 130 valence electrons. The van der Waals surface area contributed by atoms with Gasteiger partial charge in [0.2, 0.25) is 5.91 Å². The Hall–Kier alpha value is -1.49. The lowest BCUT2D eigenvalue weighted by Crippen LogP contribution is -2.54. The molecule has 2 heterocycles. The SMILES string of the molecule is Cc1cccc(C(=O)N2CCSC23CCN(C(=O)C(C)C)CC3)c1. The number of likely N-dealkylation sites (tertiary alicyclic amines) is 1. The zero-order chi connectivity index (χ0) is 17.3. The molecule has 0 N–H and O–H groups in total. The van der Waals surface area contributed by atoms with E-state index < -0.39 is 0 Å². The number of carbonyl (C=O) groups is 2. The third kappa shape index (κ3) is 3.18. The Labute approximate surface area is 148 Å². The lowest BCUT2D eigenvalue weighted by molar-refractivity contribution is -0.136. The second-order valence-electron chi connectivity index (χ2n) is 7.10. The first-order chi connectivity index (χ1) is 11.4. The fourth-order valence-corrected chi connectivity index (χ4v) is 5.14. The molecule has 2 saturated heterocycles. The lowest BCUT2D eigenvalue weighted by atomic mass is 9.99. The Morgan fingerprint density at radius 2 is 1.88 bits per heavy atom. The van der Waals surface area contributed by atoms with Gasteiger partial charge in [0.25, 0.3) is 5.91 Å². The molecule has 24 heavy (non-hydrogen) atoms. The van der Waals surface area contributed by atoms with Crippen LogP contribution in [0.5, 0.6) is 0 Å². The summed E-state index contributed by atoms with van der Waals surface area (Å²) in [6.07, 6.45) is 1.74. The molecule has 3 rings (SSSR count). The molecule has 4 nitrogen and oxygen atoms in total. The number of nitrogens with zero attached hydrogens (tertiary/aromatic N) is 2. The Bertz CT molecular complexity index is 636. The summed E-state index contributed by atoms with van der Waals surface area (Å²) in [7, 11) is 0. The van der Waals surface area contributed by atoms with E-state index >= 15 is 0 Å². The number of carbonyl (C=O) groups excluding carboxylic acids is 2. The van der Waals surface area contributed by atoms with Gasteiger partial charge in [-0.05, 0) is 31.9 Å². The highest BCUT2D eigenvalue weighted by molar-refractivity contribution is 8.00. The Kier molecular flexibility index (Phi) is 4.90. The van der Waals surface area contributed by atoms with Gasteiger partial charge in [-0.25, -0.2) is 0 Å². The number of aryl methyl sites for hydroxylation is 1. The van der Waals surface area contributed by atoms with Crippen LogP contribution in [0.4, 0.5) is 0 Å². The maximum Gasteiger partial charge on any atom is 0.255 e. The Morgan fingerprint density at radius 3 is 2.50 bits per heavy atom. The second kappa shape index (κ2) is 6.79. The van der Waals surface area contributed by atoms with Gasteiger partial charge in [-0.15, -0.1) is 11.8 Å². The van der Waals surface area contributed by atoms with Gasteiger partial charge in [0, 0.05) is 36.9 Å². The molecule has 0 bridgehead atoms. The highest BCUT2D eigenvalue weighted by Crippen LogP contribution is 2.44. The zero-order valence-corrected chi connectivity index (χ0v) is 15.6. The van der Waals surface area contributed by atoms with Crippen LogP contribution in [0.25, 0.3) is 0 Å². The minimum absolute atomic E-state index is 0.0420. The number of amides is 2. The molecular formula is C19H26N2O2S. The number of rotatable bonds is 2. The standard InChI is InChI=1S/C19H26N2O2S/c1-14(2)17(22)20-9-7-19(8-10-20)21(11-12-24-19)18(23)16-6-4-5-15(3)13-16/h4-6,13-14H,7-12H2,1-3H3. The van der Waals surface area contributed by atoms with Gasteiger partial charge >= 0.3 is 0 Å². The highest BCUT2D eigenvalue weighted by atomic mass is 32.2. The van der Waals surface area contributed by atoms with Gasteiger partial charge in [0.1, 0.15) is 0 Å². The third-order valence-electron chi connectivity index (χ3n) is 5.04. The molecule has 2 fully saturated rings. The molecule has 0 aliphatic carbocycles. The number of piperidine rings is 1. The van der Waals surface area contributed by atoms with Crippen LogP contribution in [0.2, 0.25) is 0 Å². The van der Waals surface area contributed by atoms with Crippen molar-refractivity contribution >= 4 is 23.6 Å². The van der Waals surface area contributed by atoms with Crippen molar-refractivity contribution in [1.29, 1.82) is 0 Å². The first-order valence-electron chi connectivity index (χ1n) is 8.74. The van der Waals surface area contributed by atoms with E-state index in [4.69, 9.17) is 0 Å². The molecule has 0 radical (unpaired) electrons. The molecule has 2 amide bonds. The second-order valence-corrected chi connectivity index (χ2v) is 8.56. The lowest BCUT2D eigenvalue weighted by Gasteiger charge is -2.44. The van der Waals surface area contributed by atoms with Crippen LogP contribution in [-0.4, -0.2) is 51.9 Å². The number of hydrogen-bond acceptors (Lipinski definition) is 3. The molecule has 1 aromatic rings. The van der Waals surface area contributed by atoms with E-state index in [1.165, 1.54) is 0 Å². The van der Waals surface area contributed by atoms with E-state index in [1.807, 2.05) is 61.7 Å². The van der Waals surface area contributed by atoms with E-state index in [1.54, 1.807) is 0 Å². The quantitative estimate of drug-likeness (QED) is 0.826. The summed E-state index contributed by atoms with van der Waals surface area (Å²) < 4.78 is 0. The van der Waals surface area contributed by atoms with Gasteiger partial charge in [0.05, 0.1) is 4.87 Å². The molecule has 0 atom stereocenters. The van der Waals surface area contributed by atoms with Gasteiger partial charge in [-0.3, -0.25) is 9.59 Å². The molecule has 2 aliphatic heterocycles. The van der Waals surface area contributed by atoms with Gasteiger partial charge in [0.15, 0.2) is 0 Å². The first kappa shape index (κ1) is 17.3. The first-order valence-corrected chi connectivity index (χ1v) is 9.73. The molecule has 0 saturated carbocycles. The van der Waals surface area contributed by atoms with E-state index in [0.717, 1.165) is 49.4 Å². The Balaban J connectivity index is 1.74. The van der Waals surface area contributed by atoms with Crippen molar-refractivity contribution in [2.45, 2.75) is 38.5 Å². The van der Waals surface area contributed by atoms with Gasteiger partial charge in [-0.2, -0.15) is 0 Å². The number of thioether (sulfide) groups is 1. The molecule has 2 aliphatic rings. The van der Waals surface area contributed by atoms with Crippen molar-refractivity contribution in [3.63, 3.8) is 0 Å². The number of benzene rings is 1. The normalized spacial score (nSPS) is 20.0. The van der Waals surface area contributed by atoms with E-state index in [-0.39, 0.29) is 22.6 Å². The summed E-state index contributed by atoms with van der Waals surface area (Å²) in [6, 6.07) is 7.84. The molecule has 1 spiro atoms.